The van der Waals surface area contributed by atoms with E-state index >= 15 is 0 Å². The molecular weight excluding hydrogens is 272 g/mol. The van der Waals surface area contributed by atoms with Gasteiger partial charge in [-0.2, -0.15) is 0 Å². The Morgan fingerprint density at radius 1 is 1.30 bits per heavy atom. The Kier molecular flexibility index (Phi) is 4.09. The van der Waals surface area contributed by atoms with E-state index in [0.29, 0.717) is 6.04 Å². The van der Waals surface area contributed by atoms with E-state index < -0.39 is 14.6 Å². The highest BCUT2D eigenvalue weighted by Gasteiger charge is 2.32. The van der Waals surface area contributed by atoms with Crippen LogP contribution in [0.5, 0.6) is 0 Å². The van der Waals surface area contributed by atoms with Crippen molar-refractivity contribution in [3.63, 3.8) is 0 Å². The monoisotopic (exact) mass is 296 g/mol. The van der Waals surface area contributed by atoms with Gasteiger partial charge in [-0.3, -0.25) is 0 Å². The number of sulfone groups is 1. The molecule has 1 aromatic rings. The highest BCUT2D eigenvalue weighted by atomic mass is 32.2. The second-order valence-electron chi connectivity index (χ2n) is 6.62. The van der Waals surface area contributed by atoms with E-state index in [1.165, 1.54) is 19.3 Å². The summed E-state index contributed by atoms with van der Waals surface area (Å²) in [7, 11) is -3.37. The lowest BCUT2D eigenvalue weighted by atomic mass is 9.80. The average Bonchev–Trinajstić information content (AvgIpc) is 2.25. The van der Waals surface area contributed by atoms with Gasteiger partial charge in [0.25, 0.3) is 0 Å². The van der Waals surface area contributed by atoms with Crippen molar-refractivity contribution in [3.05, 3.63) is 18.3 Å². The summed E-state index contributed by atoms with van der Waals surface area (Å²) in [6, 6.07) is 3.81. The molecule has 1 unspecified atom stereocenters. The zero-order valence-electron chi connectivity index (χ0n) is 12.7. The summed E-state index contributed by atoms with van der Waals surface area (Å²) in [5.74, 6) is 0.730. The summed E-state index contributed by atoms with van der Waals surface area (Å²) in [4.78, 5) is 4.12. The van der Waals surface area contributed by atoms with Gasteiger partial charge >= 0.3 is 0 Å². The molecule has 0 bridgehead atoms. The van der Waals surface area contributed by atoms with Crippen LogP contribution in [0.15, 0.2) is 23.4 Å². The van der Waals surface area contributed by atoms with Crippen LogP contribution in [0.25, 0.3) is 0 Å². The van der Waals surface area contributed by atoms with E-state index in [1.807, 2.05) is 0 Å². The topological polar surface area (TPSA) is 59.1 Å². The fraction of sp³-hybridized carbons (Fsp3) is 0.667. The molecule has 20 heavy (non-hydrogen) atoms. The fourth-order valence-corrected chi connectivity index (χ4v) is 3.32. The van der Waals surface area contributed by atoms with Crippen molar-refractivity contribution in [2.24, 2.45) is 5.92 Å². The molecule has 0 radical (unpaired) electrons. The lowest BCUT2D eigenvalue weighted by molar-refractivity contribution is 0.285. The Balaban J connectivity index is 2.10. The normalized spacial score (nSPS) is 18.4. The van der Waals surface area contributed by atoms with Crippen LogP contribution >= 0.6 is 0 Å². The van der Waals surface area contributed by atoms with Crippen LogP contribution in [-0.2, 0) is 9.84 Å². The summed E-state index contributed by atoms with van der Waals surface area (Å²) < 4.78 is 23.7. The molecule has 1 atom stereocenters. The van der Waals surface area contributed by atoms with Gasteiger partial charge in [0.05, 0.1) is 16.6 Å². The molecule has 1 saturated carbocycles. The van der Waals surface area contributed by atoms with Crippen molar-refractivity contribution in [1.82, 2.24) is 4.98 Å². The van der Waals surface area contributed by atoms with Gasteiger partial charge < -0.3 is 5.32 Å². The van der Waals surface area contributed by atoms with Gasteiger partial charge in [-0.25, -0.2) is 13.4 Å². The van der Waals surface area contributed by atoms with Crippen LogP contribution in [0.3, 0.4) is 0 Å². The summed E-state index contributed by atoms with van der Waals surface area (Å²) in [5.41, 5.74) is 0.886. The minimum absolute atomic E-state index is 0.145. The van der Waals surface area contributed by atoms with Crippen LogP contribution < -0.4 is 5.32 Å². The number of anilines is 1. The minimum Gasteiger partial charge on any atom is -0.381 e. The summed E-state index contributed by atoms with van der Waals surface area (Å²) in [6.45, 7) is 7.24. The number of rotatable bonds is 4. The van der Waals surface area contributed by atoms with Gasteiger partial charge in [0.1, 0.15) is 0 Å². The molecule has 1 heterocycles. The fourth-order valence-electron chi connectivity index (χ4n) is 2.26. The van der Waals surface area contributed by atoms with Crippen LogP contribution in [-0.4, -0.2) is 24.2 Å². The van der Waals surface area contributed by atoms with Crippen LogP contribution in [0.2, 0.25) is 0 Å². The van der Waals surface area contributed by atoms with Crippen molar-refractivity contribution in [2.45, 2.75) is 62.8 Å². The number of nitrogens with one attached hydrogen (secondary N) is 1. The minimum atomic E-state index is -3.37. The van der Waals surface area contributed by atoms with E-state index in [9.17, 15) is 8.42 Å². The van der Waals surface area contributed by atoms with Crippen molar-refractivity contribution in [1.29, 1.82) is 0 Å². The quantitative estimate of drug-likeness (QED) is 0.926. The second kappa shape index (κ2) is 5.35. The van der Waals surface area contributed by atoms with Crippen LogP contribution in [0.4, 0.5) is 5.69 Å². The molecule has 4 nitrogen and oxygen atoms in total. The van der Waals surface area contributed by atoms with Crippen LogP contribution in [0, 0.1) is 5.92 Å². The lowest BCUT2D eigenvalue weighted by Gasteiger charge is -2.32. The first kappa shape index (κ1) is 15.3. The summed E-state index contributed by atoms with van der Waals surface area (Å²) >= 11 is 0. The van der Waals surface area contributed by atoms with Gasteiger partial charge in [-0.1, -0.05) is 6.42 Å². The number of nitrogens with zero attached hydrogens (tertiary/aromatic N) is 1. The molecule has 0 aromatic carbocycles. The third-order valence-electron chi connectivity index (χ3n) is 4.07. The molecule has 0 aliphatic heterocycles. The first-order chi connectivity index (χ1) is 9.22. The largest absolute Gasteiger partial charge is 0.381 e. The van der Waals surface area contributed by atoms with E-state index in [4.69, 9.17) is 0 Å². The van der Waals surface area contributed by atoms with Crippen molar-refractivity contribution in [2.75, 3.05) is 5.32 Å². The number of aromatic nitrogens is 1. The molecule has 1 fully saturated rings. The Hall–Kier alpha value is -1.10. The summed E-state index contributed by atoms with van der Waals surface area (Å²) in [6.07, 6.45) is 5.49. The SMILES string of the molecule is CC(Nc1ccc(S(=O)(=O)C(C)(C)C)nc1)C1CCC1. The predicted octanol–water partition coefficient (Wildman–Crippen LogP) is 3.25. The predicted molar refractivity (Wildman–Crippen MR) is 81.6 cm³/mol. The van der Waals surface area contributed by atoms with Gasteiger partial charge in [-0.05, 0) is 58.6 Å². The van der Waals surface area contributed by atoms with E-state index in [1.54, 1.807) is 39.1 Å². The van der Waals surface area contributed by atoms with Gasteiger partial charge in [-0.15, -0.1) is 0 Å². The van der Waals surface area contributed by atoms with Gasteiger partial charge in [0, 0.05) is 6.04 Å². The Bertz CT molecular complexity index is 555. The molecule has 0 saturated heterocycles. The maximum absolute atomic E-state index is 12.3. The zero-order valence-corrected chi connectivity index (χ0v) is 13.5. The molecule has 2 rings (SSSR count). The summed E-state index contributed by atoms with van der Waals surface area (Å²) in [5, 5.41) is 3.55. The molecule has 1 aliphatic carbocycles. The first-order valence-electron chi connectivity index (χ1n) is 7.19. The third kappa shape index (κ3) is 2.97. The van der Waals surface area contributed by atoms with E-state index in [-0.39, 0.29) is 5.03 Å². The number of hydrogen-bond acceptors (Lipinski definition) is 4. The molecule has 112 valence electrons. The van der Waals surface area contributed by atoms with Crippen molar-refractivity contribution in [3.8, 4) is 0 Å². The molecular formula is C15H24N2O2S. The third-order valence-corrected chi connectivity index (χ3v) is 6.47. The van der Waals surface area contributed by atoms with Crippen molar-refractivity contribution < 1.29 is 8.42 Å². The zero-order chi connectivity index (χ0) is 15.0. The van der Waals surface area contributed by atoms with Crippen molar-refractivity contribution >= 4 is 15.5 Å². The van der Waals surface area contributed by atoms with Gasteiger partial charge in [0.2, 0.25) is 0 Å². The maximum Gasteiger partial charge on any atom is 0.200 e. The number of hydrogen-bond donors (Lipinski definition) is 1. The second-order valence-corrected chi connectivity index (χ2v) is 9.27. The molecule has 1 aliphatic rings. The average molecular weight is 296 g/mol. The highest BCUT2D eigenvalue weighted by molar-refractivity contribution is 7.92. The smallest absolute Gasteiger partial charge is 0.200 e. The van der Waals surface area contributed by atoms with E-state index in [2.05, 4.69) is 17.2 Å². The van der Waals surface area contributed by atoms with Crippen LogP contribution in [0.1, 0.15) is 47.0 Å². The molecule has 5 heteroatoms. The Morgan fingerprint density at radius 2 is 1.95 bits per heavy atom. The molecule has 0 spiro atoms. The molecule has 0 amide bonds. The lowest BCUT2D eigenvalue weighted by Crippen LogP contribution is -2.31. The molecule has 1 aromatic heterocycles. The first-order valence-corrected chi connectivity index (χ1v) is 8.67. The molecule has 1 N–H and O–H groups in total. The standard InChI is InChI=1S/C15H24N2O2S/c1-11(12-6-5-7-12)17-13-8-9-14(16-10-13)20(18,19)15(2,3)4/h8-12,17H,5-7H2,1-4H3. The van der Waals surface area contributed by atoms with E-state index in [0.717, 1.165) is 11.6 Å². The highest BCUT2D eigenvalue weighted by Crippen LogP contribution is 2.31. The van der Waals surface area contributed by atoms with Gasteiger partial charge in [0.15, 0.2) is 14.9 Å². The maximum atomic E-state index is 12.3. The number of pyridine rings is 1. The Morgan fingerprint density at radius 3 is 2.35 bits per heavy atom. The Labute approximate surface area is 121 Å².